The van der Waals surface area contributed by atoms with Gasteiger partial charge in [-0.15, -0.1) is 0 Å². The first kappa shape index (κ1) is 28.8. The van der Waals surface area contributed by atoms with Crippen molar-refractivity contribution in [2.45, 2.75) is 120 Å². The molecule has 11 heteroatoms. The first-order valence-electron chi connectivity index (χ1n) is 12.1. The second-order valence-electron chi connectivity index (χ2n) is 8.85. The summed E-state index contributed by atoms with van der Waals surface area (Å²) in [7, 11) is 0. The minimum atomic E-state index is -1.69. The highest BCUT2D eigenvalue weighted by Crippen LogP contribution is 2.29. The van der Waals surface area contributed by atoms with Crippen LogP contribution in [0.25, 0.3) is 0 Å². The summed E-state index contributed by atoms with van der Waals surface area (Å²) in [6, 6.07) is 0. The molecule has 2 rings (SSSR count). The van der Waals surface area contributed by atoms with Gasteiger partial charge in [-0.05, 0) is 6.42 Å². The standard InChI is InChI=1S/C22H42O11/c1-2-3-4-5-6-7-8-9-10-30-21-19(29)17(27)20(14(12-24)32-21)33-22-18(28)16(26)15(25)13(11-23)31-22/h13-29H,2-12H2,1H3/t13?,14?,15-,16+,17-,18?,19?,20-,21+,22-/m1/s1. The largest absolute Gasteiger partial charge is 0.394 e. The van der Waals surface area contributed by atoms with E-state index in [1.165, 1.54) is 32.1 Å². The lowest BCUT2D eigenvalue weighted by atomic mass is 9.97. The number of unbranched alkanes of at least 4 members (excludes halogenated alkanes) is 7. The van der Waals surface area contributed by atoms with E-state index in [0.29, 0.717) is 6.61 Å². The Labute approximate surface area is 194 Å². The van der Waals surface area contributed by atoms with Gasteiger partial charge in [-0.25, -0.2) is 0 Å². The highest BCUT2D eigenvalue weighted by molar-refractivity contribution is 4.94. The third-order valence-electron chi connectivity index (χ3n) is 6.24. The van der Waals surface area contributed by atoms with E-state index in [-0.39, 0.29) is 0 Å². The Balaban J connectivity index is 1.82. The molecular weight excluding hydrogens is 440 g/mol. The van der Waals surface area contributed by atoms with Crippen molar-refractivity contribution in [3.63, 3.8) is 0 Å². The highest BCUT2D eigenvalue weighted by Gasteiger charge is 2.50. The molecule has 0 radical (unpaired) electrons. The van der Waals surface area contributed by atoms with Crippen LogP contribution in [0.2, 0.25) is 0 Å². The Morgan fingerprint density at radius 3 is 1.76 bits per heavy atom. The lowest BCUT2D eigenvalue weighted by molar-refractivity contribution is -0.359. The van der Waals surface area contributed by atoms with Gasteiger partial charge in [0.15, 0.2) is 12.6 Å². The molecular formula is C22H42O11. The maximum Gasteiger partial charge on any atom is 0.187 e. The summed E-state index contributed by atoms with van der Waals surface area (Å²) in [5, 5.41) is 69.9. The maximum absolute atomic E-state index is 10.6. The van der Waals surface area contributed by atoms with Crippen LogP contribution in [0.1, 0.15) is 58.3 Å². The summed E-state index contributed by atoms with van der Waals surface area (Å²) >= 11 is 0. The van der Waals surface area contributed by atoms with Crippen molar-refractivity contribution in [1.29, 1.82) is 0 Å². The van der Waals surface area contributed by atoms with Crippen molar-refractivity contribution < 1.29 is 54.7 Å². The molecule has 0 bridgehead atoms. The third-order valence-corrected chi connectivity index (χ3v) is 6.24. The van der Waals surface area contributed by atoms with Gasteiger partial charge in [0.2, 0.25) is 0 Å². The van der Waals surface area contributed by atoms with Crippen molar-refractivity contribution in [3.8, 4) is 0 Å². The molecule has 0 aromatic heterocycles. The predicted molar refractivity (Wildman–Crippen MR) is 115 cm³/mol. The fourth-order valence-electron chi connectivity index (χ4n) is 4.13. The second-order valence-corrected chi connectivity index (χ2v) is 8.85. The zero-order valence-corrected chi connectivity index (χ0v) is 19.3. The SMILES string of the molecule is CCCCCCCCCCO[C@H]1OC(CO)[C@@H](O[C@H]2OC(CO)[C@@H](O)[C@H](O)C2O)[C@H](O)C1O. The fourth-order valence-corrected chi connectivity index (χ4v) is 4.13. The number of ether oxygens (including phenoxy) is 4. The number of rotatable bonds is 14. The summed E-state index contributed by atoms with van der Waals surface area (Å²) < 4.78 is 22.0. The number of hydrogen-bond acceptors (Lipinski definition) is 11. The molecule has 0 saturated carbocycles. The van der Waals surface area contributed by atoms with Gasteiger partial charge in [-0.1, -0.05) is 51.9 Å². The van der Waals surface area contributed by atoms with Crippen LogP contribution in [0.4, 0.5) is 0 Å². The van der Waals surface area contributed by atoms with Gasteiger partial charge in [0.25, 0.3) is 0 Å². The molecule has 11 nitrogen and oxygen atoms in total. The van der Waals surface area contributed by atoms with Crippen LogP contribution in [0.3, 0.4) is 0 Å². The fraction of sp³-hybridized carbons (Fsp3) is 1.00. The maximum atomic E-state index is 10.6. The Morgan fingerprint density at radius 2 is 1.15 bits per heavy atom. The monoisotopic (exact) mass is 482 g/mol. The van der Waals surface area contributed by atoms with Gasteiger partial charge in [0.1, 0.15) is 48.8 Å². The topological polar surface area (TPSA) is 179 Å². The average molecular weight is 483 g/mol. The first-order valence-corrected chi connectivity index (χ1v) is 12.1. The van der Waals surface area contributed by atoms with Crippen molar-refractivity contribution in [1.82, 2.24) is 0 Å². The highest BCUT2D eigenvalue weighted by atomic mass is 16.7. The normalized spacial score (nSPS) is 39.6. The van der Waals surface area contributed by atoms with Gasteiger partial charge >= 0.3 is 0 Å². The van der Waals surface area contributed by atoms with Crippen LogP contribution >= 0.6 is 0 Å². The molecule has 2 fully saturated rings. The van der Waals surface area contributed by atoms with Crippen molar-refractivity contribution in [2.75, 3.05) is 19.8 Å². The van der Waals surface area contributed by atoms with Crippen LogP contribution in [-0.4, -0.2) is 117 Å². The van der Waals surface area contributed by atoms with Gasteiger partial charge in [-0.3, -0.25) is 0 Å². The molecule has 0 aromatic rings. The van der Waals surface area contributed by atoms with Crippen LogP contribution in [-0.2, 0) is 18.9 Å². The van der Waals surface area contributed by atoms with Gasteiger partial charge < -0.3 is 54.7 Å². The van der Waals surface area contributed by atoms with Crippen LogP contribution in [0.5, 0.6) is 0 Å². The quantitative estimate of drug-likeness (QED) is 0.147. The lowest BCUT2D eigenvalue weighted by Crippen LogP contribution is -2.64. The molecule has 2 saturated heterocycles. The van der Waals surface area contributed by atoms with Crippen LogP contribution in [0.15, 0.2) is 0 Å². The molecule has 0 amide bonds. The van der Waals surface area contributed by atoms with Crippen molar-refractivity contribution in [3.05, 3.63) is 0 Å². The van der Waals surface area contributed by atoms with Gasteiger partial charge in [0.05, 0.1) is 13.2 Å². The zero-order valence-electron chi connectivity index (χ0n) is 19.3. The molecule has 7 N–H and O–H groups in total. The van der Waals surface area contributed by atoms with E-state index in [9.17, 15) is 35.7 Å². The molecule has 2 heterocycles. The minimum absolute atomic E-state index is 0.319. The predicted octanol–water partition coefficient (Wildman–Crippen LogP) is -1.23. The number of hydrogen-bond donors (Lipinski definition) is 7. The summed E-state index contributed by atoms with van der Waals surface area (Å²) in [5.41, 5.74) is 0. The minimum Gasteiger partial charge on any atom is -0.394 e. The molecule has 2 aliphatic heterocycles. The van der Waals surface area contributed by atoms with Crippen molar-refractivity contribution in [2.24, 2.45) is 0 Å². The molecule has 10 atom stereocenters. The zero-order chi connectivity index (χ0) is 24.4. The first-order chi connectivity index (χ1) is 15.8. The summed E-state index contributed by atoms with van der Waals surface area (Å²) in [6.07, 6.45) is -5.35. The number of aliphatic hydroxyl groups excluding tert-OH is 7. The Bertz CT molecular complexity index is 521. The van der Waals surface area contributed by atoms with Crippen molar-refractivity contribution >= 4 is 0 Å². The third kappa shape index (κ3) is 8.04. The molecule has 4 unspecified atom stereocenters. The molecule has 2 aliphatic rings. The van der Waals surface area contributed by atoms with E-state index in [2.05, 4.69) is 6.92 Å². The molecule has 0 spiro atoms. The Morgan fingerprint density at radius 1 is 0.606 bits per heavy atom. The molecule has 196 valence electrons. The van der Waals surface area contributed by atoms with E-state index < -0.39 is 74.6 Å². The summed E-state index contributed by atoms with van der Waals surface area (Å²) in [4.78, 5) is 0. The molecule has 0 aromatic carbocycles. The van der Waals surface area contributed by atoms with E-state index in [0.717, 1.165) is 19.3 Å². The van der Waals surface area contributed by atoms with Gasteiger partial charge in [-0.2, -0.15) is 0 Å². The second kappa shape index (κ2) is 14.8. The molecule has 0 aliphatic carbocycles. The average Bonchev–Trinajstić information content (AvgIpc) is 2.82. The Kier molecular flexibility index (Phi) is 13.0. The van der Waals surface area contributed by atoms with E-state index in [1.54, 1.807) is 0 Å². The smallest absolute Gasteiger partial charge is 0.187 e. The van der Waals surface area contributed by atoms with Gasteiger partial charge in [0, 0.05) is 6.61 Å². The summed E-state index contributed by atoms with van der Waals surface area (Å²) in [5.74, 6) is 0. The van der Waals surface area contributed by atoms with Crippen LogP contribution in [0, 0.1) is 0 Å². The molecule has 33 heavy (non-hydrogen) atoms. The van der Waals surface area contributed by atoms with E-state index in [4.69, 9.17) is 18.9 Å². The number of aliphatic hydroxyl groups is 7. The van der Waals surface area contributed by atoms with E-state index >= 15 is 0 Å². The Hall–Kier alpha value is -0.440. The summed E-state index contributed by atoms with van der Waals surface area (Å²) in [6.45, 7) is 1.28. The van der Waals surface area contributed by atoms with E-state index in [1.807, 2.05) is 0 Å². The van der Waals surface area contributed by atoms with Crippen LogP contribution < -0.4 is 0 Å². The lowest BCUT2D eigenvalue weighted by Gasteiger charge is -2.45.